The van der Waals surface area contributed by atoms with Gasteiger partial charge in [-0.25, -0.2) is 0 Å². The van der Waals surface area contributed by atoms with E-state index in [9.17, 15) is 9.59 Å². The Morgan fingerprint density at radius 1 is 1.05 bits per heavy atom. The number of hydrogen-bond donors (Lipinski definition) is 1. The third-order valence-electron chi connectivity index (χ3n) is 6.79. The van der Waals surface area contributed by atoms with Gasteiger partial charge < -0.3 is 24.6 Å². The lowest BCUT2D eigenvalue weighted by Crippen LogP contribution is -2.40. The summed E-state index contributed by atoms with van der Waals surface area (Å²) in [5.41, 5.74) is 1.19. The molecule has 0 spiro atoms. The van der Waals surface area contributed by atoms with Crippen LogP contribution in [-0.4, -0.2) is 73.2 Å². The predicted octanol–water partition coefficient (Wildman–Crippen LogP) is 4.56. The molecule has 1 atom stereocenters. The van der Waals surface area contributed by atoms with Crippen LogP contribution in [0.25, 0.3) is 0 Å². The summed E-state index contributed by atoms with van der Waals surface area (Å²) in [6, 6.07) is 11.5. The van der Waals surface area contributed by atoms with Crippen molar-refractivity contribution in [1.82, 2.24) is 9.80 Å². The molecule has 37 heavy (non-hydrogen) atoms. The van der Waals surface area contributed by atoms with Gasteiger partial charge in [0.05, 0.1) is 31.4 Å². The molecule has 2 amide bonds. The fourth-order valence-corrected chi connectivity index (χ4v) is 5.49. The van der Waals surface area contributed by atoms with Crippen molar-refractivity contribution in [2.45, 2.75) is 38.1 Å². The number of thiocarbonyl (C=S) groups is 1. The van der Waals surface area contributed by atoms with Crippen LogP contribution in [0.3, 0.4) is 0 Å². The van der Waals surface area contributed by atoms with Crippen LogP contribution in [-0.2, 0) is 9.59 Å². The van der Waals surface area contributed by atoms with E-state index in [-0.39, 0.29) is 18.2 Å². The van der Waals surface area contributed by atoms with Crippen molar-refractivity contribution < 1.29 is 19.1 Å². The zero-order valence-electron chi connectivity index (χ0n) is 21.2. The van der Waals surface area contributed by atoms with Crippen LogP contribution in [0.15, 0.2) is 42.5 Å². The molecule has 4 rings (SSSR count). The Morgan fingerprint density at radius 3 is 2.43 bits per heavy atom. The Balaban J connectivity index is 1.50. The van der Waals surface area contributed by atoms with E-state index in [0.29, 0.717) is 39.6 Å². The Bertz CT molecular complexity index is 1120. The Kier molecular flexibility index (Phi) is 9.23. The molecule has 2 saturated heterocycles. The number of nitrogens with one attached hydrogen (secondary N) is 1. The first-order valence-corrected chi connectivity index (χ1v) is 13.3. The maximum absolute atomic E-state index is 13.6. The summed E-state index contributed by atoms with van der Waals surface area (Å²) in [5, 5.41) is 3.65. The van der Waals surface area contributed by atoms with Gasteiger partial charge in [-0.05, 0) is 93.6 Å². The highest BCUT2D eigenvalue weighted by molar-refractivity contribution is 7.80. The molecule has 0 aromatic heterocycles. The maximum atomic E-state index is 13.6. The number of ether oxygens (including phenoxy) is 2. The van der Waals surface area contributed by atoms with Gasteiger partial charge >= 0.3 is 0 Å². The molecule has 0 unspecified atom stereocenters. The van der Waals surface area contributed by atoms with Gasteiger partial charge in [-0.15, -0.1) is 0 Å². The molecule has 0 bridgehead atoms. The summed E-state index contributed by atoms with van der Waals surface area (Å²) < 4.78 is 10.4. The van der Waals surface area contributed by atoms with Gasteiger partial charge in [-0.1, -0.05) is 18.0 Å². The average molecular weight is 545 g/mol. The number of hydrogen-bond acceptors (Lipinski definition) is 6. The molecule has 2 fully saturated rings. The van der Waals surface area contributed by atoms with Gasteiger partial charge in [0.2, 0.25) is 5.91 Å². The molecule has 2 aliphatic heterocycles. The number of halogens is 1. The molecule has 0 saturated carbocycles. The van der Waals surface area contributed by atoms with E-state index >= 15 is 0 Å². The molecule has 0 aliphatic carbocycles. The molecule has 8 nitrogen and oxygen atoms in total. The minimum atomic E-state index is -0.701. The zero-order chi connectivity index (χ0) is 26.4. The molecule has 2 aromatic rings. The van der Waals surface area contributed by atoms with Crippen LogP contribution in [0.1, 0.15) is 32.1 Å². The zero-order valence-corrected chi connectivity index (χ0v) is 22.8. The Morgan fingerprint density at radius 2 is 1.78 bits per heavy atom. The van der Waals surface area contributed by atoms with Crippen molar-refractivity contribution in [3.8, 4) is 11.5 Å². The minimum Gasteiger partial charge on any atom is -0.497 e. The van der Waals surface area contributed by atoms with Crippen LogP contribution in [0.5, 0.6) is 11.5 Å². The van der Waals surface area contributed by atoms with Crippen LogP contribution in [0.4, 0.5) is 11.4 Å². The number of anilines is 2. The smallest absolute Gasteiger partial charge is 0.256 e. The van der Waals surface area contributed by atoms with Crippen molar-refractivity contribution >= 4 is 52.1 Å². The number of benzene rings is 2. The topological polar surface area (TPSA) is 74.3 Å². The molecule has 2 aromatic carbocycles. The third kappa shape index (κ3) is 6.52. The number of nitrogens with zero attached hydrogens (tertiary/aromatic N) is 3. The highest BCUT2D eigenvalue weighted by atomic mass is 35.5. The van der Waals surface area contributed by atoms with Gasteiger partial charge in [0, 0.05) is 12.2 Å². The van der Waals surface area contributed by atoms with E-state index in [0.717, 1.165) is 26.1 Å². The average Bonchev–Trinajstić information content (AvgIpc) is 3.13. The summed E-state index contributed by atoms with van der Waals surface area (Å²) in [4.78, 5) is 32.5. The lowest BCUT2D eigenvalue weighted by atomic mass is 10.1. The highest BCUT2D eigenvalue weighted by Gasteiger charge is 2.44. The SMILES string of the molecule is COc1ccc(NC(=O)C[C@H]2C(=O)N(c3ccc(OC)c(Cl)c3)C(=S)N2CCCN2CCCCC2)cc1. The summed E-state index contributed by atoms with van der Waals surface area (Å²) in [6.07, 6.45) is 4.56. The van der Waals surface area contributed by atoms with Gasteiger partial charge in [-0.3, -0.25) is 14.5 Å². The summed E-state index contributed by atoms with van der Waals surface area (Å²) in [6.45, 7) is 3.73. The summed E-state index contributed by atoms with van der Waals surface area (Å²) in [7, 11) is 3.12. The van der Waals surface area contributed by atoms with Gasteiger partial charge in [0.25, 0.3) is 5.91 Å². The number of carbonyl (C=O) groups excluding carboxylic acids is 2. The highest BCUT2D eigenvalue weighted by Crippen LogP contribution is 2.33. The normalized spacial score (nSPS) is 18.3. The quantitative estimate of drug-likeness (QED) is 0.439. The molecule has 10 heteroatoms. The fraction of sp³-hybridized carbons (Fsp3) is 0.444. The first kappa shape index (κ1) is 27.2. The van der Waals surface area contributed by atoms with Crippen LogP contribution in [0.2, 0.25) is 5.02 Å². The molecule has 2 aliphatic rings. The van der Waals surface area contributed by atoms with Gasteiger partial charge in [0.15, 0.2) is 5.11 Å². The summed E-state index contributed by atoms with van der Waals surface area (Å²) in [5.74, 6) is 0.704. The van der Waals surface area contributed by atoms with Crippen LogP contribution < -0.4 is 19.7 Å². The molecular formula is C27H33ClN4O4S. The first-order valence-electron chi connectivity index (χ1n) is 12.6. The van der Waals surface area contributed by atoms with Crippen LogP contribution in [0, 0.1) is 0 Å². The lowest BCUT2D eigenvalue weighted by Gasteiger charge is -2.28. The standard InChI is InChI=1S/C27H33ClN4O4S/c1-35-21-10-7-19(8-11-21)29-25(33)18-23-26(34)32(20-9-12-24(36-2)22(28)17-20)27(37)31(23)16-6-15-30-13-4-3-5-14-30/h7-12,17,23H,3-6,13-16,18H2,1-2H3,(H,29,33)/t23-/m0/s1. The second kappa shape index (κ2) is 12.6. The second-order valence-electron chi connectivity index (χ2n) is 9.22. The number of likely N-dealkylation sites (tertiary alicyclic amines) is 1. The number of methoxy groups -OCH3 is 2. The molecule has 198 valence electrons. The lowest BCUT2D eigenvalue weighted by molar-refractivity contribution is -0.124. The molecular weight excluding hydrogens is 512 g/mol. The van der Waals surface area contributed by atoms with Gasteiger partial charge in [0.1, 0.15) is 17.5 Å². The van der Waals surface area contributed by atoms with Crippen LogP contribution >= 0.6 is 23.8 Å². The van der Waals surface area contributed by atoms with Crippen molar-refractivity contribution in [2.75, 3.05) is 50.6 Å². The van der Waals surface area contributed by atoms with E-state index in [1.54, 1.807) is 49.6 Å². The van der Waals surface area contributed by atoms with E-state index in [4.69, 9.17) is 33.3 Å². The molecule has 2 heterocycles. The number of carbonyl (C=O) groups is 2. The van der Waals surface area contributed by atoms with E-state index in [2.05, 4.69) is 10.2 Å². The maximum Gasteiger partial charge on any atom is 0.256 e. The van der Waals surface area contributed by atoms with E-state index in [1.165, 1.54) is 31.3 Å². The van der Waals surface area contributed by atoms with Crippen molar-refractivity contribution in [1.29, 1.82) is 0 Å². The molecule has 0 radical (unpaired) electrons. The number of rotatable bonds is 10. The largest absolute Gasteiger partial charge is 0.497 e. The second-order valence-corrected chi connectivity index (χ2v) is 9.99. The Hall–Kier alpha value is -2.88. The monoisotopic (exact) mass is 544 g/mol. The number of amides is 2. The first-order chi connectivity index (χ1) is 17.9. The predicted molar refractivity (Wildman–Crippen MR) is 150 cm³/mol. The minimum absolute atomic E-state index is 0.0187. The van der Waals surface area contributed by atoms with E-state index < -0.39 is 6.04 Å². The summed E-state index contributed by atoms with van der Waals surface area (Å²) >= 11 is 12.1. The van der Waals surface area contributed by atoms with E-state index in [1.807, 2.05) is 4.90 Å². The fourth-order valence-electron chi connectivity index (χ4n) is 4.83. The molecule has 1 N–H and O–H groups in total. The van der Waals surface area contributed by atoms with Crippen molar-refractivity contribution in [3.05, 3.63) is 47.5 Å². The van der Waals surface area contributed by atoms with Gasteiger partial charge in [-0.2, -0.15) is 0 Å². The Labute approximate surface area is 228 Å². The number of piperidine rings is 1. The third-order valence-corrected chi connectivity index (χ3v) is 7.50. The van der Waals surface area contributed by atoms with Crippen molar-refractivity contribution in [2.24, 2.45) is 0 Å². The van der Waals surface area contributed by atoms with Crippen molar-refractivity contribution in [3.63, 3.8) is 0 Å².